The molecule has 7 heteroatoms. The Labute approximate surface area is 86.9 Å². The topological polar surface area (TPSA) is 121 Å². The maximum atomic E-state index is 10.9. The fourth-order valence-electron chi connectivity index (χ4n) is 1.41. The van der Waals surface area contributed by atoms with Gasteiger partial charge in [0.1, 0.15) is 5.56 Å². The van der Waals surface area contributed by atoms with E-state index in [-0.39, 0.29) is 11.1 Å². The fourth-order valence-corrected chi connectivity index (χ4v) is 1.41. The zero-order chi connectivity index (χ0) is 11.9. The predicted octanol–water partition coefficient (Wildman–Crippen LogP) is 0.517. The lowest BCUT2D eigenvalue weighted by Gasteiger charge is -2.00. The van der Waals surface area contributed by atoms with Crippen molar-refractivity contribution in [1.82, 2.24) is 4.98 Å². The molecule has 0 unspecified atom stereocenters. The standard InChI is InChI=1S/C9H5NO6/c11-7(12)3-1-2-4-6(5(3)8(13)14)16-9(15)10-4/h1-2H,(H,10,15)(H,11,12)(H,13,14). The third kappa shape index (κ3) is 1.34. The number of benzene rings is 1. The first kappa shape index (κ1) is 9.97. The molecule has 0 aliphatic heterocycles. The molecule has 0 amide bonds. The van der Waals surface area contributed by atoms with Crippen molar-refractivity contribution in [3.05, 3.63) is 33.8 Å². The smallest absolute Gasteiger partial charge is 0.417 e. The number of aromatic nitrogens is 1. The Morgan fingerprint density at radius 3 is 2.44 bits per heavy atom. The van der Waals surface area contributed by atoms with Gasteiger partial charge in [-0.05, 0) is 12.1 Å². The summed E-state index contributed by atoms with van der Waals surface area (Å²) >= 11 is 0. The van der Waals surface area contributed by atoms with Gasteiger partial charge < -0.3 is 14.6 Å². The number of hydrogen-bond acceptors (Lipinski definition) is 4. The van der Waals surface area contributed by atoms with Gasteiger partial charge in [0, 0.05) is 0 Å². The Hall–Kier alpha value is -2.57. The number of fused-ring (bicyclic) bond motifs is 1. The van der Waals surface area contributed by atoms with E-state index >= 15 is 0 Å². The normalized spacial score (nSPS) is 10.5. The Kier molecular flexibility index (Phi) is 2.01. The summed E-state index contributed by atoms with van der Waals surface area (Å²) in [7, 11) is 0. The minimum atomic E-state index is -1.47. The first-order chi connectivity index (χ1) is 7.50. The van der Waals surface area contributed by atoms with Crippen LogP contribution in [-0.2, 0) is 0 Å². The van der Waals surface area contributed by atoms with Crippen molar-refractivity contribution < 1.29 is 24.2 Å². The lowest BCUT2D eigenvalue weighted by atomic mass is 10.1. The van der Waals surface area contributed by atoms with Gasteiger partial charge in [0.15, 0.2) is 5.58 Å². The summed E-state index contributed by atoms with van der Waals surface area (Å²) in [6.07, 6.45) is 0. The highest BCUT2D eigenvalue weighted by atomic mass is 16.4. The Bertz CT molecular complexity index is 650. The third-order valence-electron chi connectivity index (χ3n) is 2.03. The maximum Gasteiger partial charge on any atom is 0.417 e. The fraction of sp³-hybridized carbons (Fsp3) is 0. The van der Waals surface area contributed by atoms with Crippen molar-refractivity contribution >= 4 is 23.0 Å². The van der Waals surface area contributed by atoms with Gasteiger partial charge in [0.05, 0.1) is 11.1 Å². The molecule has 0 bridgehead atoms. The molecule has 0 fully saturated rings. The van der Waals surface area contributed by atoms with Gasteiger partial charge in [0.25, 0.3) is 0 Å². The Morgan fingerprint density at radius 1 is 1.19 bits per heavy atom. The minimum Gasteiger partial charge on any atom is -0.478 e. The Morgan fingerprint density at radius 2 is 1.88 bits per heavy atom. The molecule has 0 spiro atoms. The van der Waals surface area contributed by atoms with E-state index in [0.717, 1.165) is 6.07 Å². The molecule has 2 rings (SSSR count). The molecule has 7 nitrogen and oxygen atoms in total. The molecule has 1 aromatic heterocycles. The number of carboxylic acids is 2. The summed E-state index contributed by atoms with van der Waals surface area (Å²) < 4.78 is 4.60. The van der Waals surface area contributed by atoms with Crippen LogP contribution in [0.15, 0.2) is 21.3 Å². The van der Waals surface area contributed by atoms with E-state index in [1.54, 1.807) is 0 Å². The first-order valence-corrected chi connectivity index (χ1v) is 4.13. The lowest BCUT2D eigenvalue weighted by molar-refractivity contribution is 0.0652. The number of oxazole rings is 1. The summed E-state index contributed by atoms with van der Waals surface area (Å²) in [5, 5.41) is 17.7. The van der Waals surface area contributed by atoms with Crippen LogP contribution >= 0.6 is 0 Å². The van der Waals surface area contributed by atoms with Crippen LogP contribution in [0.1, 0.15) is 20.7 Å². The van der Waals surface area contributed by atoms with E-state index in [1.165, 1.54) is 6.07 Å². The number of aromatic amines is 1. The molecule has 0 radical (unpaired) electrons. The lowest BCUT2D eigenvalue weighted by Crippen LogP contribution is -2.08. The molecule has 1 heterocycles. The quantitative estimate of drug-likeness (QED) is 0.682. The van der Waals surface area contributed by atoms with Crippen molar-refractivity contribution in [2.75, 3.05) is 0 Å². The van der Waals surface area contributed by atoms with E-state index < -0.39 is 28.8 Å². The van der Waals surface area contributed by atoms with E-state index in [2.05, 4.69) is 9.40 Å². The monoisotopic (exact) mass is 223 g/mol. The number of nitrogens with one attached hydrogen (secondary N) is 1. The van der Waals surface area contributed by atoms with Crippen molar-refractivity contribution in [3.63, 3.8) is 0 Å². The second-order valence-corrected chi connectivity index (χ2v) is 2.99. The number of hydrogen-bond donors (Lipinski definition) is 3. The van der Waals surface area contributed by atoms with Crippen LogP contribution in [-0.4, -0.2) is 27.1 Å². The van der Waals surface area contributed by atoms with Crippen LogP contribution in [0.25, 0.3) is 11.1 Å². The SMILES string of the molecule is O=C(O)c1ccc2[nH]c(=O)oc2c1C(=O)O. The summed E-state index contributed by atoms with van der Waals surface area (Å²) in [6.45, 7) is 0. The largest absolute Gasteiger partial charge is 0.478 e. The molecule has 0 atom stereocenters. The van der Waals surface area contributed by atoms with Crippen LogP contribution in [0.2, 0.25) is 0 Å². The van der Waals surface area contributed by atoms with Crippen LogP contribution in [0.4, 0.5) is 0 Å². The summed E-state index contributed by atoms with van der Waals surface area (Å²) in [4.78, 5) is 34.8. The van der Waals surface area contributed by atoms with Gasteiger partial charge in [-0.3, -0.25) is 4.98 Å². The minimum absolute atomic E-state index is 0.146. The second kappa shape index (κ2) is 3.23. The first-order valence-electron chi connectivity index (χ1n) is 4.13. The van der Waals surface area contributed by atoms with E-state index in [9.17, 15) is 14.4 Å². The van der Waals surface area contributed by atoms with E-state index in [1.807, 2.05) is 0 Å². The molecule has 82 valence electrons. The molecular weight excluding hydrogens is 218 g/mol. The molecule has 0 saturated carbocycles. The molecule has 0 aliphatic rings. The molecule has 0 saturated heterocycles. The van der Waals surface area contributed by atoms with Gasteiger partial charge in [0.2, 0.25) is 0 Å². The Balaban J connectivity index is 2.94. The van der Waals surface area contributed by atoms with Crippen molar-refractivity contribution in [1.29, 1.82) is 0 Å². The van der Waals surface area contributed by atoms with Gasteiger partial charge in [-0.15, -0.1) is 0 Å². The number of carbonyl (C=O) groups is 2. The van der Waals surface area contributed by atoms with Crippen molar-refractivity contribution in [3.8, 4) is 0 Å². The molecule has 2 aromatic rings. The third-order valence-corrected chi connectivity index (χ3v) is 2.03. The average Bonchev–Trinajstić information content (AvgIpc) is 2.55. The molecule has 16 heavy (non-hydrogen) atoms. The van der Waals surface area contributed by atoms with Crippen LogP contribution < -0.4 is 5.76 Å². The van der Waals surface area contributed by atoms with Crippen LogP contribution in [0, 0.1) is 0 Å². The molecule has 3 N–H and O–H groups in total. The molecule has 0 aliphatic carbocycles. The summed E-state index contributed by atoms with van der Waals surface area (Å²) in [5.74, 6) is -3.70. The zero-order valence-corrected chi connectivity index (χ0v) is 7.68. The van der Waals surface area contributed by atoms with Gasteiger partial charge in [-0.25, -0.2) is 14.4 Å². The molecule has 1 aromatic carbocycles. The summed E-state index contributed by atoms with van der Waals surface area (Å²) in [6, 6.07) is 2.37. The highest BCUT2D eigenvalue weighted by Crippen LogP contribution is 2.20. The highest BCUT2D eigenvalue weighted by Gasteiger charge is 2.22. The van der Waals surface area contributed by atoms with E-state index in [0.29, 0.717) is 0 Å². The van der Waals surface area contributed by atoms with Crippen LogP contribution in [0.3, 0.4) is 0 Å². The van der Waals surface area contributed by atoms with Gasteiger partial charge in [-0.2, -0.15) is 0 Å². The maximum absolute atomic E-state index is 10.9. The predicted molar refractivity (Wildman–Crippen MR) is 50.8 cm³/mol. The number of rotatable bonds is 2. The summed E-state index contributed by atoms with van der Waals surface area (Å²) in [5.41, 5.74) is -1.09. The van der Waals surface area contributed by atoms with Crippen molar-refractivity contribution in [2.45, 2.75) is 0 Å². The zero-order valence-electron chi connectivity index (χ0n) is 7.68. The van der Waals surface area contributed by atoms with Crippen molar-refractivity contribution in [2.24, 2.45) is 0 Å². The number of H-pyrrole nitrogens is 1. The molecular formula is C9H5NO6. The van der Waals surface area contributed by atoms with Gasteiger partial charge >= 0.3 is 17.7 Å². The number of aromatic carboxylic acids is 2. The average molecular weight is 223 g/mol. The van der Waals surface area contributed by atoms with Gasteiger partial charge in [-0.1, -0.05) is 0 Å². The highest BCUT2D eigenvalue weighted by molar-refractivity contribution is 6.09. The number of carboxylic acid groups (broad SMARTS) is 2. The van der Waals surface area contributed by atoms with E-state index in [4.69, 9.17) is 10.2 Å². The second-order valence-electron chi connectivity index (χ2n) is 2.99. The van der Waals surface area contributed by atoms with Crippen LogP contribution in [0.5, 0.6) is 0 Å².